The van der Waals surface area contributed by atoms with Gasteiger partial charge in [-0.25, -0.2) is 4.39 Å². The highest BCUT2D eigenvalue weighted by molar-refractivity contribution is 5.77. The van der Waals surface area contributed by atoms with Crippen molar-refractivity contribution in [1.82, 2.24) is 5.32 Å². The number of carbonyl (C=O) groups is 1. The third kappa shape index (κ3) is 4.42. The first-order chi connectivity index (χ1) is 8.52. The van der Waals surface area contributed by atoms with Gasteiger partial charge in [0.15, 0.2) is 18.2 Å². The number of carbonyl (C=O) groups excluding carboxylic acids is 1. The SMILES string of the molecule is CC(C)CNC(=O)COc1ccc(C#N)cc1F. The third-order valence-corrected chi connectivity index (χ3v) is 2.13. The van der Waals surface area contributed by atoms with Crippen LogP contribution in [0.5, 0.6) is 5.75 Å². The number of hydrogen-bond donors (Lipinski definition) is 1. The Morgan fingerprint density at radius 1 is 1.56 bits per heavy atom. The van der Waals surface area contributed by atoms with Gasteiger partial charge in [-0.05, 0) is 24.1 Å². The molecule has 0 aromatic heterocycles. The summed E-state index contributed by atoms with van der Waals surface area (Å²) in [5.41, 5.74) is 0.212. The van der Waals surface area contributed by atoms with Crippen molar-refractivity contribution >= 4 is 5.91 Å². The summed E-state index contributed by atoms with van der Waals surface area (Å²) in [5, 5.41) is 11.2. The predicted molar refractivity (Wildman–Crippen MR) is 64.5 cm³/mol. The van der Waals surface area contributed by atoms with Gasteiger partial charge in [-0.1, -0.05) is 13.8 Å². The zero-order valence-corrected chi connectivity index (χ0v) is 10.4. The molecule has 0 saturated heterocycles. The smallest absolute Gasteiger partial charge is 0.257 e. The molecule has 1 aromatic rings. The summed E-state index contributed by atoms with van der Waals surface area (Å²) in [4.78, 5) is 11.3. The average Bonchev–Trinajstić information content (AvgIpc) is 2.34. The molecule has 1 amide bonds. The van der Waals surface area contributed by atoms with Crippen molar-refractivity contribution in [2.75, 3.05) is 13.2 Å². The summed E-state index contributed by atoms with van der Waals surface area (Å²) in [6, 6.07) is 5.66. The van der Waals surface area contributed by atoms with Gasteiger partial charge in [0.25, 0.3) is 5.91 Å². The molecule has 0 fully saturated rings. The molecule has 0 atom stereocenters. The molecule has 4 nitrogen and oxygen atoms in total. The fraction of sp³-hybridized carbons (Fsp3) is 0.385. The van der Waals surface area contributed by atoms with Crippen LogP contribution >= 0.6 is 0 Å². The molecule has 1 aromatic carbocycles. The van der Waals surface area contributed by atoms with E-state index in [9.17, 15) is 9.18 Å². The van der Waals surface area contributed by atoms with Crippen LogP contribution in [0.15, 0.2) is 18.2 Å². The van der Waals surface area contributed by atoms with Crippen LogP contribution in [0.3, 0.4) is 0 Å². The van der Waals surface area contributed by atoms with Crippen LogP contribution in [0, 0.1) is 23.1 Å². The minimum atomic E-state index is -0.647. The number of nitriles is 1. The molecular weight excluding hydrogens is 235 g/mol. The number of nitrogens with zero attached hydrogens (tertiary/aromatic N) is 1. The van der Waals surface area contributed by atoms with E-state index in [0.29, 0.717) is 12.5 Å². The van der Waals surface area contributed by atoms with Gasteiger partial charge in [-0.2, -0.15) is 5.26 Å². The molecule has 0 radical (unpaired) electrons. The third-order valence-electron chi connectivity index (χ3n) is 2.13. The van der Waals surface area contributed by atoms with Crippen LogP contribution in [0.1, 0.15) is 19.4 Å². The highest BCUT2D eigenvalue weighted by atomic mass is 19.1. The Labute approximate surface area is 105 Å². The van der Waals surface area contributed by atoms with Crippen LogP contribution in [-0.4, -0.2) is 19.1 Å². The zero-order valence-electron chi connectivity index (χ0n) is 10.4. The van der Waals surface area contributed by atoms with Crippen LogP contribution in [0.4, 0.5) is 4.39 Å². The van der Waals surface area contributed by atoms with E-state index in [1.54, 1.807) is 0 Å². The zero-order chi connectivity index (χ0) is 13.5. The first kappa shape index (κ1) is 14.0. The van der Waals surface area contributed by atoms with Gasteiger partial charge in [0.1, 0.15) is 0 Å². The van der Waals surface area contributed by atoms with Gasteiger partial charge in [-0.3, -0.25) is 4.79 Å². The molecule has 0 bridgehead atoms. The molecule has 0 heterocycles. The first-order valence-electron chi connectivity index (χ1n) is 5.62. The van der Waals surface area contributed by atoms with Gasteiger partial charge >= 0.3 is 0 Å². The van der Waals surface area contributed by atoms with Gasteiger partial charge in [0, 0.05) is 6.54 Å². The van der Waals surface area contributed by atoms with E-state index in [0.717, 1.165) is 6.07 Å². The Balaban J connectivity index is 2.49. The lowest BCUT2D eigenvalue weighted by molar-refractivity contribution is -0.123. The number of nitrogens with one attached hydrogen (secondary N) is 1. The minimum absolute atomic E-state index is 0.0336. The van der Waals surface area contributed by atoms with Gasteiger partial charge in [-0.15, -0.1) is 0 Å². The number of ether oxygens (including phenoxy) is 1. The van der Waals surface area contributed by atoms with E-state index in [4.69, 9.17) is 10.00 Å². The molecular formula is C13H15FN2O2. The predicted octanol–water partition coefficient (Wildman–Crippen LogP) is 1.85. The summed E-state index contributed by atoms with van der Waals surface area (Å²) < 4.78 is 18.4. The molecule has 0 saturated carbocycles. The largest absolute Gasteiger partial charge is 0.481 e. The van der Waals surface area contributed by atoms with Crippen LogP contribution in [0.2, 0.25) is 0 Å². The number of hydrogen-bond acceptors (Lipinski definition) is 3. The molecule has 1 rings (SSSR count). The maximum absolute atomic E-state index is 13.4. The van der Waals surface area contributed by atoms with E-state index >= 15 is 0 Å². The summed E-state index contributed by atoms with van der Waals surface area (Å²) in [7, 11) is 0. The number of benzene rings is 1. The Morgan fingerprint density at radius 2 is 2.28 bits per heavy atom. The fourth-order valence-corrected chi connectivity index (χ4v) is 1.20. The molecule has 0 aliphatic heterocycles. The van der Waals surface area contributed by atoms with E-state index in [1.165, 1.54) is 12.1 Å². The highest BCUT2D eigenvalue weighted by Gasteiger charge is 2.08. The Morgan fingerprint density at radius 3 is 2.83 bits per heavy atom. The Hall–Kier alpha value is -2.09. The summed E-state index contributed by atoms with van der Waals surface area (Å²) in [5.74, 6) is -0.632. The standard InChI is InChI=1S/C13H15FN2O2/c1-9(2)7-16-13(17)8-18-12-4-3-10(6-15)5-11(12)14/h3-5,9H,7-8H2,1-2H3,(H,16,17). The molecule has 96 valence electrons. The van der Waals surface area contributed by atoms with Crippen molar-refractivity contribution in [3.05, 3.63) is 29.6 Å². The molecule has 5 heteroatoms. The van der Waals surface area contributed by atoms with Crippen LogP contribution in [-0.2, 0) is 4.79 Å². The van der Waals surface area contributed by atoms with E-state index in [2.05, 4.69) is 5.32 Å². The molecule has 0 unspecified atom stereocenters. The minimum Gasteiger partial charge on any atom is -0.481 e. The number of rotatable bonds is 5. The quantitative estimate of drug-likeness (QED) is 0.867. The normalized spacial score (nSPS) is 9.94. The van der Waals surface area contributed by atoms with Gasteiger partial charge in [0.05, 0.1) is 11.6 Å². The van der Waals surface area contributed by atoms with Gasteiger partial charge < -0.3 is 10.1 Å². The van der Waals surface area contributed by atoms with Crippen molar-refractivity contribution in [1.29, 1.82) is 5.26 Å². The molecule has 0 aliphatic carbocycles. The lowest BCUT2D eigenvalue weighted by Gasteiger charge is -2.09. The van der Waals surface area contributed by atoms with Gasteiger partial charge in [0.2, 0.25) is 0 Å². The topological polar surface area (TPSA) is 62.1 Å². The molecule has 1 N–H and O–H groups in total. The first-order valence-corrected chi connectivity index (χ1v) is 5.62. The van der Waals surface area contributed by atoms with Crippen molar-refractivity contribution in [2.45, 2.75) is 13.8 Å². The van der Waals surface area contributed by atoms with E-state index in [-0.39, 0.29) is 23.8 Å². The maximum atomic E-state index is 13.4. The Kier molecular flexibility index (Phi) is 5.12. The average molecular weight is 250 g/mol. The second-order valence-corrected chi connectivity index (χ2v) is 4.24. The molecule has 0 spiro atoms. The molecule has 0 aliphatic rings. The van der Waals surface area contributed by atoms with Crippen molar-refractivity contribution in [2.24, 2.45) is 5.92 Å². The monoisotopic (exact) mass is 250 g/mol. The summed E-state index contributed by atoms with van der Waals surface area (Å²) in [6.07, 6.45) is 0. The maximum Gasteiger partial charge on any atom is 0.257 e. The summed E-state index contributed by atoms with van der Waals surface area (Å²) >= 11 is 0. The second-order valence-electron chi connectivity index (χ2n) is 4.24. The van der Waals surface area contributed by atoms with Crippen molar-refractivity contribution < 1.29 is 13.9 Å². The summed E-state index contributed by atoms with van der Waals surface area (Å²) in [6.45, 7) is 4.26. The van der Waals surface area contributed by atoms with Crippen LogP contribution < -0.4 is 10.1 Å². The lowest BCUT2D eigenvalue weighted by Crippen LogP contribution is -2.31. The highest BCUT2D eigenvalue weighted by Crippen LogP contribution is 2.17. The fourth-order valence-electron chi connectivity index (χ4n) is 1.20. The number of amides is 1. The number of halogens is 1. The molecule has 18 heavy (non-hydrogen) atoms. The van der Waals surface area contributed by atoms with Crippen molar-refractivity contribution in [3.8, 4) is 11.8 Å². The van der Waals surface area contributed by atoms with E-state index < -0.39 is 5.82 Å². The van der Waals surface area contributed by atoms with Crippen molar-refractivity contribution in [3.63, 3.8) is 0 Å². The Bertz CT molecular complexity index is 467. The van der Waals surface area contributed by atoms with Crippen LogP contribution in [0.25, 0.3) is 0 Å². The van der Waals surface area contributed by atoms with E-state index in [1.807, 2.05) is 19.9 Å². The lowest BCUT2D eigenvalue weighted by atomic mass is 10.2. The second kappa shape index (κ2) is 6.60.